The van der Waals surface area contributed by atoms with Gasteiger partial charge in [0.05, 0.1) is 25.3 Å². The summed E-state index contributed by atoms with van der Waals surface area (Å²) in [5, 5.41) is 5.86. The van der Waals surface area contributed by atoms with Crippen LogP contribution in [0.4, 0.5) is 33.8 Å². The molecule has 11 nitrogen and oxygen atoms in total. The average molecular weight is 572 g/mol. The van der Waals surface area contributed by atoms with Crippen LogP contribution in [0.2, 0.25) is 0 Å². The van der Waals surface area contributed by atoms with Gasteiger partial charge in [-0.1, -0.05) is 0 Å². The monoisotopic (exact) mass is 571 g/mol. The van der Waals surface area contributed by atoms with E-state index < -0.39 is 0 Å². The zero-order chi connectivity index (χ0) is 29.2. The van der Waals surface area contributed by atoms with Crippen LogP contribution < -0.4 is 25.3 Å². The van der Waals surface area contributed by atoms with Crippen LogP contribution in [0.25, 0.3) is 11.4 Å². The van der Waals surface area contributed by atoms with Crippen LogP contribution in [0.5, 0.6) is 0 Å². The lowest BCUT2D eigenvalue weighted by molar-refractivity contribution is 0.0897. The van der Waals surface area contributed by atoms with Crippen molar-refractivity contribution >= 4 is 35.0 Å². The summed E-state index contributed by atoms with van der Waals surface area (Å²) in [4.78, 5) is 36.5. The Labute approximate surface area is 247 Å². The third kappa shape index (κ3) is 6.12. The number of carbonyl (C=O) groups excluding carboxylic acids is 1. The molecule has 0 aliphatic carbocycles. The number of nitrogens with zero attached hydrogens (tertiary/aromatic N) is 7. The van der Waals surface area contributed by atoms with Gasteiger partial charge in [-0.15, -0.1) is 0 Å². The molecule has 4 heterocycles. The van der Waals surface area contributed by atoms with Gasteiger partial charge in [0.2, 0.25) is 11.9 Å². The molecule has 2 atom stereocenters. The number of urea groups is 1. The van der Waals surface area contributed by atoms with E-state index in [1.807, 2.05) is 43.4 Å². The summed E-state index contributed by atoms with van der Waals surface area (Å²) in [5.41, 5.74) is 3.47. The molecule has 0 radical (unpaired) electrons. The van der Waals surface area contributed by atoms with Crippen molar-refractivity contribution in [1.82, 2.24) is 19.9 Å². The van der Waals surface area contributed by atoms with Gasteiger partial charge < -0.3 is 35.0 Å². The summed E-state index contributed by atoms with van der Waals surface area (Å²) < 4.78 is 5.79. The molecule has 2 aromatic carbocycles. The molecule has 0 spiro atoms. The van der Waals surface area contributed by atoms with Crippen molar-refractivity contribution in [3.63, 3.8) is 0 Å². The predicted octanol–water partition coefficient (Wildman–Crippen LogP) is 4.15. The predicted molar refractivity (Wildman–Crippen MR) is 168 cm³/mol. The molecule has 3 aliphatic rings. The molecule has 3 aliphatic heterocycles. The van der Waals surface area contributed by atoms with Crippen LogP contribution in [0.3, 0.4) is 0 Å². The van der Waals surface area contributed by atoms with E-state index in [4.69, 9.17) is 19.7 Å². The van der Waals surface area contributed by atoms with E-state index in [9.17, 15) is 4.79 Å². The number of ether oxygens (including phenoxy) is 1. The van der Waals surface area contributed by atoms with Gasteiger partial charge in [0.1, 0.15) is 0 Å². The molecule has 3 fully saturated rings. The van der Waals surface area contributed by atoms with E-state index in [1.54, 1.807) is 0 Å². The van der Waals surface area contributed by atoms with Crippen LogP contribution in [0, 0.1) is 0 Å². The number of benzene rings is 2. The third-order valence-corrected chi connectivity index (χ3v) is 8.57. The zero-order valence-corrected chi connectivity index (χ0v) is 25.0. The minimum absolute atomic E-state index is 0.239. The highest BCUT2D eigenvalue weighted by Crippen LogP contribution is 2.34. The molecule has 2 bridgehead atoms. The average Bonchev–Trinajstić information content (AvgIpc) is 3.25. The summed E-state index contributed by atoms with van der Waals surface area (Å²) in [5.74, 6) is 1.97. The van der Waals surface area contributed by atoms with Gasteiger partial charge in [-0.25, -0.2) is 4.79 Å². The van der Waals surface area contributed by atoms with E-state index in [2.05, 4.69) is 63.3 Å². The van der Waals surface area contributed by atoms with Crippen LogP contribution in [-0.4, -0.2) is 97.5 Å². The van der Waals surface area contributed by atoms with E-state index in [0.29, 0.717) is 48.7 Å². The number of rotatable bonds is 7. The number of nitrogens with one attached hydrogen (secondary N) is 2. The van der Waals surface area contributed by atoms with Crippen molar-refractivity contribution < 1.29 is 9.53 Å². The second kappa shape index (κ2) is 12.1. The first kappa shape index (κ1) is 28.2. The lowest BCUT2D eigenvalue weighted by Crippen LogP contribution is -2.47. The number of likely N-dealkylation sites (N-methyl/N-ethyl adjacent to an activating group) is 1. The van der Waals surface area contributed by atoms with Gasteiger partial charge in [0, 0.05) is 61.9 Å². The Kier molecular flexibility index (Phi) is 8.12. The fourth-order valence-electron chi connectivity index (χ4n) is 5.76. The van der Waals surface area contributed by atoms with Crippen LogP contribution >= 0.6 is 0 Å². The molecule has 2 unspecified atom stereocenters. The number of hydrogen-bond acceptors (Lipinski definition) is 9. The molecule has 0 saturated carbocycles. The van der Waals surface area contributed by atoms with Crippen molar-refractivity contribution in [2.75, 3.05) is 78.8 Å². The number of anilines is 5. The number of carbonyl (C=O) groups is 1. The first-order valence-electron chi connectivity index (χ1n) is 14.9. The first-order chi connectivity index (χ1) is 20.3. The van der Waals surface area contributed by atoms with Crippen molar-refractivity contribution in [2.45, 2.75) is 44.8 Å². The largest absolute Gasteiger partial charge is 0.377 e. The van der Waals surface area contributed by atoms with Gasteiger partial charge in [-0.3, -0.25) is 0 Å². The Morgan fingerprint density at radius 1 is 0.881 bits per heavy atom. The Hall–Kier alpha value is -3.96. The second-order valence-corrected chi connectivity index (χ2v) is 11.8. The zero-order valence-electron chi connectivity index (χ0n) is 25.0. The highest BCUT2D eigenvalue weighted by Gasteiger charge is 2.39. The summed E-state index contributed by atoms with van der Waals surface area (Å²) >= 11 is 0. The van der Waals surface area contributed by atoms with E-state index in [-0.39, 0.29) is 12.1 Å². The summed E-state index contributed by atoms with van der Waals surface area (Å²) in [6.07, 6.45) is 2.17. The molecule has 2 amide bonds. The molecule has 3 saturated heterocycles. The van der Waals surface area contributed by atoms with E-state index in [1.165, 1.54) is 5.69 Å². The number of piperazine rings is 1. The number of amides is 2. The molecule has 3 aromatic rings. The van der Waals surface area contributed by atoms with Crippen molar-refractivity contribution in [2.24, 2.45) is 0 Å². The molecule has 42 heavy (non-hydrogen) atoms. The SMILES string of the molecule is CC(C)N(C)c1nc(-c2ccc(NC(=O)Nc3ccc(N4CCN(C)CC4)cc3)cc2)nc(N2C3CCC2COC3)n1. The molecule has 11 heteroatoms. The first-order valence-corrected chi connectivity index (χ1v) is 14.9. The molecular formula is C31H41N9O2. The Balaban J connectivity index is 1.14. The summed E-state index contributed by atoms with van der Waals surface area (Å²) in [6.45, 7) is 9.78. The van der Waals surface area contributed by atoms with Gasteiger partial charge in [0.25, 0.3) is 0 Å². The fourth-order valence-corrected chi connectivity index (χ4v) is 5.76. The van der Waals surface area contributed by atoms with Crippen LogP contribution in [0.1, 0.15) is 26.7 Å². The number of morpholine rings is 1. The third-order valence-electron chi connectivity index (χ3n) is 8.57. The van der Waals surface area contributed by atoms with Crippen molar-refractivity contribution in [3.05, 3.63) is 48.5 Å². The molecule has 6 rings (SSSR count). The maximum Gasteiger partial charge on any atom is 0.323 e. The Bertz CT molecular complexity index is 1360. The van der Waals surface area contributed by atoms with Gasteiger partial charge in [-0.2, -0.15) is 15.0 Å². The molecule has 1 aromatic heterocycles. The normalized spacial score (nSPS) is 20.6. The van der Waals surface area contributed by atoms with Crippen LogP contribution in [-0.2, 0) is 4.74 Å². The maximum absolute atomic E-state index is 12.7. The van der Waals surface area contributed by atoms with Gasteiger partial charge in [0.15, 0.2) is 5.82 Å². The molecule has 2 N–H and O–H groups in total. The van der Waals surface area contributed by atoms with Crippen LogP contribution in [0.15, 0.2) is 48.5 Å². The van der Waals surface area contributed by atoms with Gasteiger partial charge >= 0.3 is 6.03 Å². The number of hydrogen-bond donors (Lipinski definition) is 2. The number of fused-ring (bicyclic) bond motifs is 2. The number of aromatic nitrogens is 3. The molecular weight excluding hydrogens is 530 g/mol. The topological polar surface area (TPSA) is 102 Å². The lowest BCUT2D eigenvalue weighted by Gasteiger charge is -2.35. The van der Waals surface area contributed by atoms with Gasteiger partial charge in [-0.05, 0) is 82.3 Å². The summed E-state index contributed by atoms with van der Waals surface area (Å²) in [6, 6.07) is 16.2. The second-order valence-electron chi connectivity index (χ2n) is 11.8. The Morgan fingerprint density at radius 3 is 2.07 bits per heavy atom. The standard InChI is InChI=1S/C31H41N9O2/c1-21(2)38(4)29-34-28(35-30(36-29)40-26-13-14-27(40)20-42-19-26)22-5-7-23(8-6-22)32-31(41)33-24-9-11-25(12-10-24)39-17-15-37(3)16-18-39/h5-12,21,26-27H,13-20H2,1-4H3,(H2,32,33,41). The van der Waals surface area contributed by atoms with E-state index >= 15 is 0 Å². The highest BCUT2D eigenvalue weighted by atomic mass is 16.5. The lowest BCUT2D eigenvalue weighted by atomic mass is 10.2. The molecule has 222 valence electrons. The van der Waals surface area contributed by atoms with Crippen molar-refractivity contribution in [1.29, 1.82) is 0 Å². The summed E-state index contributed by atoms with van der Waals surface area (Å²) in [7, 11) is 4.16. The minimum Gasteiger partial charge on any atom is -0.377 e. The minimum atomic E-state index is -0.291. The fraction of sp³-hybridized carbons (Fsp3) is 0.484. The Morgan fingerprint density at radius 2 is 1.48 bits per heavy atom. The highest BCUT2D eigenvalue weighted by molar-refractivity contribution is 5.99. The smallest absolute Gasteiger partial charge is 0.323 e. The van der Waals surface area contributed by atoms with Crippen molar-refractivity contribution in [3.8, 4) is 11.4 Å². The quantitative estimate of drug-likeness (QED) is 0.433. The maximum atomic E-state index is 12.7. The van der Waals surface area contributed by atoms with E-state index in [0.717, 1.165) is 50.3 Å².